The van der Waals surface area contributed by atoms with E-state index in [-0.39, 0.29) is 25.4 Å². The SMILES string of the molecule is N#Cc1ccc(S(=O)(=O)[C@@H]2CN(S(=O)(=O)c3ccc(Cl)cc3Cl)C[C@]2(O)CO)cc1. The van der Waals surface area contributed by atoms with Gasteiger partial charge in [0.15, 0.2) is 9.84 Å². The first-order valence-electron chi connectivity index (χ1n) is 8.48. The second-order valence-electron chi connectivity index (χ2n) is 6.80. The first-order chi connectivity index (χ1) is 14.0. The summed E-state index contributed by atoms with van der Waals surface area (Å²) in [5.74, 6) is 0. The molecule has 2 atom stereocenters. The Balaban J connectivity index is 2.02. The van der Waals surface area contributed by atoms with Crippen LogP contribution in [0.4, 0.5) is 0 Å². The van der Waals surface area contributed by atoms with Crippen LogP contribution in [0.5, 0.6) is 0 Å². The maximum absolute atomic E-state index is 13.1. The van der Waals surface area contributed by atoms with Crippen molar-refractivity contribution in [3.8, 4) is 6.07 Å². The Morgan fingerprint density at radius 2 is 1.77 bits per heavy atom. The topological polar surface area (TPSA) is 136 Å². The van der Waals surface area contributed by atoms with Crippen molar-refractivity contribution < 1.29 is 27.0 Å². The van der Waals surface area contributed by atoms with Gasteiger partial charge in [0.05, 0.1) is 28.2 Å². The lowest BCUT2D eigenvalue weighted by atomic mass is 10.1. The number of hydrogen-bond acceptors (Lipinski definition) is 7. The molecule has 2 N–H and O–H groups in total. The Labute approximate surface area is 183 Å². The maximum atomic E-state index is 13.1. The summed E-state index contributed by atoms with van der Waals surface area (Å²) in [6.07, 6.45) is 0. The van der Waals surface area contributed by atoms with E-state index < -0.39 is 50.4 Å². The van der Waals surface area contributed by atoms with Gasteiger partial charge in [0, 0.05) is 18.1 Å². The van der Waals surface area contributed by atoms with Crippen LogP contribution in [0.2, 0.25) is 10.0 Å². The van der Waals surface area contributed by atoms with Crippen LogP contribution in [0, 0.1) is 11.3 Å². The zero-order valence-electron chi connectivity index (χ0n) is 15.2. The highest BCUT2D eigenvalue weighted by Crippen LogP contribution is 2.36. The molecule has 3 rings (SSSR count). The van der Waals surface area contributed by atoms with Crippen molar-refractivity contribution in [1.29, 1.82) is 5.26 Å². The molecule has 0 spiro atoms. The number of sulfonamides is 1. The molecule has 0 unspecified atom stereocenters. The summed E-state index contributed by atoms with van der Waals surface area (Å²) in [7, 11) is -8.54. The minimum Gasteiger partial charge on any atom is -0.393 e. The van der Waals surface area contributed by atoms with Crippen LogP contribution in [0.1, 0.15) is 5.56 Å². The van der Waals surface area contributed by atoms with Crippen LogP contribution >= 0.6 is 23.2 Å². The Kier molecular flexibility index (Phi) is 6.19. The summed E-state index contributed by atoms with van der Waals surface area (Å²) in [4.78, 5) is -0.507. The van der Waals surface area contributed by atoms with Crippen molar-refractivity contribution in [2.45, 2.75) is 20.6 Å². The number of nitriles is 1. The van der Waals surface area contributed by atoms with Crippen LogP contribution in [0.15, 0.2) is 52.3 Å². The van der Waals surface area contributed by atoms with Crippen LogP contribution in [-0.2, 0) is 19.9 Å². The van der Waals surface area contributed by atoms with Gasteiger partial charge in [0.2, 0.25) is 10.0 Å². The molecule has 0 amide bonds. The molecule has 1 aliphatic heterocycles. The Morgan fingerprint density at radius 1 is 1.13 bits per heavy atom. The van der Waals surface area contributed by atoms with E-state index >= 15 is 0 Å². The van der Waals surface area contributed by atoms with Crippen molar-refractivity contribution >= 4 is 43.1 Å². The Bertz CT molecular complexity index is 1230. The largest absolute Gasteiger partial charge is 0.393 e. The van der Waals surface area contributed by atoms with E-state index in [1.54, 1.807) is 0 Å². The average Bonchev–Trinajstić information content (AvgIpc) is 3.07. The van der Waals surface area contributed by atoms with Crippen molar-refractivity contribution in [1.82, 2.24) is 4.31 Å². The number of benzene rings is 2. The summed E-state index contributed by atoms with van der Waals surface area (Å²) in [5.41, 5.74) is -2.00. The predicted octanol–water partition coefficient (Wildman–Crippen LogP) is 1.44. The molecule has 0 saturated carbocycles. The lowest BCUT2D eigenvalue weighted by molar-refractivity contribution is 0.00160. The third-order valence-electron chi connectivity index (χ3n) is 4.89. The molecule has 1 saturated heterocycles. The van der Waals surface area contributed by atoms with E-state index in [9.17, 15) is 27.0 Å². The number of nitrogens with zero attached hydrogens (tertiary/aromatic N) is 2. The zero-order chi connectivity index (χ0) is 22.3. The fraction of sp³-hybridized carbons (Fsp3) is 0.278. The number of halogens is 2. The number of aliphatic hydroxyl groups is 2. The summed E-state index contributed by atoms with van der Waals surface area (Å²) in [6.45, 7) is -2.22. The standard InChI is InChI=1S/C18H16Cl2N2O6S2/c19-13-3-6-16(15(20)7-13)30(27,28)22-9-17(18(24,10-22)11-23)29(25,26)14-4-1-12(8-21)2-5-14/h1-7,17,23-24H,9-11H2/t17-,18+/m1/s1. The van der Waals surface area contributed by atoms with E-state index in [4.69, 9.17) is 28.5 Å². The number of aliphatic hydroxyl groups excluding tert-OH is 1. The highest BCUT2D eigenvalue weighted by atomic mass is 35.5. The lowest BCUT2D eigenvalue weighted by Gasteiger charge is -2.26. The van der Waals surface area contributed by atoms with Crippen LogP contribution in [0.25, 0.3) is 0 Å². The highest BCUT2D eigenvalue weighted by molar-refractivity contribution is 7.92. The second kappa shape index (κ2) is 8.09. The van der Waals surface area contributed by atoms with E-state index in [1.807, 2.05) is 6.07 Å². The molecule has 30 heavy (non-hydrogen) atoms. The quantitative estimate of drug-likeness (QED) is 0.646. The first-order valence-corrected chi connectivity index (χ1v) is 12.2. The zero-order valence-corrected chi connectivity index (χ0v) is 18.4. The van der Waals surface area contributed by atoms with Gasteiger partial charge in [-0.1, -0.05) is 23.2 Å². The molecule has 160 valence electrons. The first kappa shape index (κ1) is 23.0. The minimum atomic E-state index is -4.29. The molecule has 0 aromatic heterocycles. The number of β-amino-alcohol motifs (C(OH)–C–C–N with tert-alkyl or cyclic N) is 1. The van der Waals surface area contributed by atoms with Gasteiger partial charge in [-0.25, -0.2) is 16.8 Å². The molecule has 1 heterocycles. The van der Waals surface area contributed by atoms with E-state index in [1.165, 1.54) is 42.5 Å². The van der Waals surface area contributed by atoms with Crippen molar-refractivity contribution in [3.63, 3.8) is 0 Å². The molecule has 2 aromatic carbocycles. The molecular formula is C18H16Cl2N2O6S2. The van der Waals surface area contributed by atoms with E-state index in [0.29, 0.717) is 0 Å². The molecule has 2 aromatic rings. The molecular weight excluding hydrogens is 475 g/mol. The van der Waals surface area contributed by atoms with Gasteiger partial charge in [-0.3, -0.25) is 0 Å². The molecule has 0 aliphatic carbocycles. The molecule has 1 aliphatic rings. The number of hydrogen-bond donors (Lipinski definition) is 2. The predicted molar refractivity (Wildman–Crippen MR) is 109 cm³/mol. The van der Waals surface area contributed by atoms with Crippen LogP contribution < -0.4 is 0 Å². The Hall–Kier alpha value is -1.71. The average molecular weight is 491 g/mol. The van der Waals surface area contributed by atoms with E-state index in [2.05, 4.69) is 0 Å². The van der Waals surface area contributed by atoms with Gasteiger partial charge in [-0.15, -0.1) is 0 Å². The number of rotatable bonds is 5. The van der Waals surface area contributed by atoms with Gasteiger partial charge in [-0.2, -0.15) is 9.57 Å². The molecule has 0 bridgehead atoms. The summed E-state index contributed by atoms with van der Waals surface area (Å²) < 4.78 is 53.1. The third kappa shape index (κ3) is 3.94. The van der Waals surface area contributed by atoms with Crippen LogP contribution in [0.3, 0.4) is 0 Å². The van der Waals surface area contributed by atoms with E-state index in [0.717, 1.165) is 4.31 Å². The van der Waals surface area contributed by atoms with Crippen LogP contribution in [-0.4, -0.2) is 61.9 Å². The maximum Gasteiger partial charge on any atom is 0.244 e. The molecule has 0 radical (unpaired) electrons. The van der Waals surface area contributed by atoms with Crippen molar-refractivity contribution in [2.75, 3.05) is 19.7 Å². The van der Waals surface area contributed by atoms with Gasteiger partial charge < -0.3 is 10.2 Å². The normalized spacial score (nSPS) is 22.7. The van der Waals surface area contributed by atoms with Gasteiger partial charge in [0.1, 0.15) is 15.7 Å². The lowest BCUT2D eigenvalue weighted by Crippen LogP contribution is -2.49. The summed E-state index contributed by atoms with van der Waals surface area (Å²) in [5, 5.41) is 27.8. The minimum absolute atomic E-state index is 0.159. The highest BCUT2D eigenvalue weighted by Gasteiger charge is 2.55. The number of sulfone groups is 1. The molecule has 8 nitrogen and oxygen atoms in total. The second-order valence-corrected chi connectivity index (χ2v) is 11.7. The third-order valence-corrected chi connectivity index (χ3v) is 9.69. The molecule has 12 heteroatoms. The smallest absolute Gasteiger partial charge is 0.244 e. The van der Waals surface area contributed by atoms with Gasteiger partial charge >= 0.3 is 0 Å². The Morgan fingerprint density at radius 3 is 2.30 bits per heavy atom. The van der Waals surface area contributed by atoms with Crippen molar-refractivity contribution in [2.24, 2.45) is 0 Å². The fourth-order valence-corrected chi connectivity index (χ4v) is 7.56. The fourth-order valence-electron chi connectivity index (χ4n) is 3.26. The van der Waals surface area contributed by atoms with Crippen molar-refractivity contribution in [3.05, 3.63) is 58.1 Å². The summed E-state index contributed by atoms with van der Waals surface area (Å²) >= 11 is 11.8. The monoisotopic (exact) mass is 490 g/mol. The van der Waals surface area contributed by atoms with Gasteiger partial charge in [0.25, 0.3) is 0 Å². The van der Waals surface area contributed by atoms with Gasteiger partial charge in [-0.05, 0) is 42.5 Å². The molecule has 1 fully saturated rings. The summed E-state index contributed by atoms with van der Waals surface area (Å²) in [6, 6.07) is 10.6.